The van der Waals surface area contributed by atoms with E-state index in [1.165, 1.54) is 54.6 Å². The molecule has 1 aliphatic heterocycles. The van der Waals surface area contributed by atoms with Gasteiger partial charge in [-0.25, -0.2) is 13.2 Å². The second kappa shape index (κ2) is 9.69. The molecule has 0 amide bonds. The molecule has 0 radical (unpaired) electrons. The van der Waals surface area contributed by atoms with Crippen LogP contribution >= 0.6 is 34.8 Å². The molecule has 3 aromatic rings. The highest BCUT2D eigenvalue weighted by atomic mass is 35.5. The number of hydrogen-bond donors (Lipinski definition) is 0. The number of rotatable bonds is 4. The van der Waals surface area contributed by atoms with Crippen LogP contribution in [0.2, 0.25) is 15.1 Å². The molecule has 10 heteroatoms. The lowest BCUT2D eigenvalue weighted by Gasteiger charge is -2.25. The molecule has 0 spiro atoms. The molecule has 0 fully saturated rings. The van der Waals surface area contributed by atoms with E-state index in [0.29, 0.717) is 10.0 Å². The minimum Gasteiger partial charge on any atom is -0.421 e. The summed E-state index contributed by atoms with van der Waals surface area (Å²) in [5.41, 5.74) is 0.782. The number of sulfonamides is 1. The number of carbonyl (C=O) groups is 1. The van der Waals surface area contributed by atoms with Gasteiger partial charge >= 0.3 is 5.97 Å². The molecule has 0 unspecified atom stereocenters. The highest BCUT2D eigenvalue weighted by molar-refractivity contribution is 7.92. The van der Waals surface area contributed by atoms with Crippen LogP contribution in [0.15, 0.2) is 77.2 Å². The molecule has 4 rings (SSSR count). The van der Waals surface area contributed by atoms with Crippen LogP contribution in [0, 0.1) is 11.3 Å². The van der Waals surface area contributed by atoms with Crippen LogP contribution in [0.3, 0.4) is 0 Å². The molecular formula is C24H15Cl3N2O4S. The van der Waals surface area contributed by atoms with Crippen LogP contribution in [0.5, 0.6) is 0 Å². The quantitative estimate of drug-likeness (QED) is 0.365. The first-order valence-electron chi connectivity index (χ1n) is 9.90. The van der Waals surface area contributed by atoms with Crippen molar-refractivity contribution in [2.45, 2.75) is 11.3 Å². The molecule has 0 atom stereocenters. The van der Waals surface area contributed by atoms with Gasteiger partial charge in [-0.05, 0) is 66.7 Å². The Labute approximate surface area is 211 Å². The first-order chi connectivity index (χ1) is 16.2. The summed E-state index contributed by atoms with van der Waals surface area (Å²) in [4.78, 5) is 12.8. The van der Waals surface area contributed by atoms with Gasteiger partial charge in [-0.1, -0.05) is 34.8 Å². The Morgan fingerprint density at radius 3 is 2.12 bits per heavy atom. The van der Waals surface area contributed by atoms with Crippen LogP contribution in [-0.2, 0) is 14.8 Å². The minimum atomic E-state index is -4.05. The number of anilines is 1. The van der Waals surface area contributed by atoms with Gasteiger partial charge in [0.05, 0.1) is 27.8 Å². The molecular weight excluding hydrogens is 519 g/mol. The predicted octanol–water partition coefficient (Wildman–Crippen LogP) is 6.34. The van der Waals surface area contributed by atoms with Gasteiger partial charge in [0.25, 0.3) is 10.0 Å². The van der Waals surface area contributed by atoms with E-state index in [0.717, 1.165) is 4.31 Å². The van der Waals surface area contributed by atoms with Gasteiger partial charge in [0.1, 0.15) is 0 Å². The number of benzene rings is 3. The Morgan fingerprint density at radius 2 is 1.50 bits per heavy atom. The summed E-state index contributed by atoms with van der Waals surface area (Å²) in [5.74, 6) is -0.739. The SMILES string of the molecule is N#CC1=C(OC(=O)c2ccc(Cl)cc2)c2ccc(Cl)cc2N(S(=O)(=O)c2ccc(Cl)cc2)CC1. The molecule has 0 N–H and O–H groups in total. The highest BCUT2D eigenvalue weighted by Crippen LogP contribution is 2.39. The van der Waals surface area contributed by atoms with E-state index in [2.05, 4.69) is 0 Å². The normalized spacial score (nSPS) is 13.6. The summed E-state index contributed by atoms with van der Waals surface area (Å²) in [6.07, 6.45) is 0.0127. The number of carbonyl (C=O) groups excluding carboxylic acids is 1. The summed E-state index contributed by atoms with van der Waals surface area (Å²) in [5, 5.41) is 10.9. The van der Waals surface area contributed by atoms with E-state index in [1.807, 2.05) is 6.07 Å². The fraction of sp³-hybridized carbons (Fsp3) is 0.0833. The van der Waals surface area contributed by atoms with Crippen molar-refractivity contribution < 1.29 is 17.9 Å². The zero-order valence-electron chi connectivity index (χ0n) is 17.3. The lowest BCUT2D eigenvalue weighted by Crippen LogP contribution is -2.32. The van der Waals surface area contributed by atoms with Gasteiger partial charge in [0, 0.05) is 33.6 Å². The fourth-order valence-corrected chi connectivity index (χ4v) is 5.35. The molecule has 0 saturated carbocycles. The second-order valence-electron chi connectivity index (χ2n) is 7.26. The maximum atomic E-state index is 13.5. The van der Waals surface area contributed by atoms with E-state index in [4.69, 9.17) is 39.5 Å². The Bertz CT molecular complexity index is 1450. The number of hydrogen-bond acceptors (Lipinski definition) is 5. The van der Waals surface area contributed by atoms with E-state index < -0.39 is 16.0 Å². The highest BCUT2D eigenvalue weighted by Gasteiger charge is 2.33. The average molecular weight is 534 g/mol. The van der Waals surface area contributed by atoms with E-state index in [-0.39, 0.29) is 51.0 Å². The van der Waals surface area contributed by atoms with Gasteiger partial charge in [0.15, 0.2) is 5.76 Å². The van der Waals surface area contributed by atoms with Crippen molar-refractivity contribution in [3.63, 3.8) is 0 Å². The van der Waals surface area contributed by atoms with Crippen molar-refractivity contribution in [1.82, 2.24) is 0 Å². The average Bonchev–Trinajstić information content (AvgIpc) is 2.96. The molecule has 0 bridgehead atoms. The van der Waals surface area contributed by atoms with Gasteiger partial charge in [-0.2, -0.15) is 5.26 Å². The zero-order chi connectivity index (χ0) is 24.5. The summed E-state index contributed by atoms with van der Waals surface area (Å²) in [7, 11) is -4.05. The summed E-state index contributed by atoms with van der Waals surface area (Å²) < 4.78 is 33.8. The molecule has 34 heavy (non-hydrogen) atoms. The molecule has 172 valence electrons. The third kappa shape index (κ3) is 4.77. The number of halogens is 3. The van der Waals surface area contributed by atoms with Crippen molar-refractivity contribution in [3.8, 4) is 6.07 Å². The molecule has 6 nitrogen and oxygen atoms in total. The number of esters is 1. The molecule has 1 aliphatic rings. The number of nitriles is 1. The van der Waals surface area contributed by atoms with Gasteiger partial charge < -0.3 is 4.74 Å². The molecule has 0 aromatic heterocycles. The molecule has 0 aliphatic carbocycles. The summed E-state index contributed by atoms with van der Waals surface area (Å²) in [6, 6.07) is 18.4. The zero-order valence-corrected chi connectivity index (χ0v) is 20.4. The maximum absolute atomic E-state index is 13.5. The number of nitrogens with zero attached hydrogens (tertiary/aromatic N) is 2. The molecule has 0 saturated heterocycles. The van der Waals surface area contributed by atoms with Crippen LogP contribution in [0.4, 0.5) is 5.69 Å². The number of ether oxygens (including phenoxy) is 1. The smallest absolute Gasteiger partial charge is 0.343 e. The predicted molar refractivity (Wildman–Crippen MR) is 131 cm³/mol. The third-order valence-electron chi connectivity index (χ3n) is 5.12. The Morgan fingerprint density at radius 1 is 0.912 bits per heavy atom. The lowest BCUT2D eigenvalue weighted by molar-refractivity contribution is 0.0691. The van der Waals surface area contributed by atoms with Gasteiger partial charge in [0.2, 0.25) is 0 Å². The summed E-state index contributed by atoms with van der Waals surface area (Å²) >= 11 is 18.0. The largest absolute Gasteiger partial charge is 0.421 e. The van der Waals surface area contributed by atoms with Gasteiger partial charge in [-0.3, -0.25) is 4.31 Å². The second-order valence-corrected chi connectivity index (χ2v) is 10.4. The molecule has 1 heterocycles. The maximum Gasteiger partial charge on any atom is 0.343 e. The van der Waals surface area contributed by atoms with Crippen LogP contribution < -0.4 is 4.31 Å². The molecule has 3 aromatic carbocycles. The Hall–Kier alpha value is -3.02. The monoisotopic (exact) mass is 532 g/mol. The van der Waals surface area contributed by atoms with Crippen molar-refractivity contribution in [1.29, 1.82) is 5.26 Å². The van der Waals surface area contributed by atoms with E-state index in [1.54, 1.807) is 12.1 Å². The van der Waals surface area contributed by atoms with Crippen LogP contribution in [0.1, 0.15) is 22.3 Å². The van der Waals surface area contributed by atoms with Gasteiger partial charge in [-0.15, -0.1) is 0 Å². The summed E-state index contributed by atoms with van der Waals surface area (Å²) in [6.45, 7) is -0.0663. The van der Waals surface area contributed by atoms with E-state index >= 15 is 0 Å². The van der Waals surface area contributed by atoms with Crippen LogP contribution in [-0.4, -0.2) is 20.9 Å². The Kier molecular flexibility index (Phi) is 6.87. The Balaban J connectivity index is 1.81. The standard InChI is InChI=1S/C24H15Cl3N2O4S/c25-17-3-1-15(2-4-17)24(30)33-23-16(14-28)11-12-29(22-13-19(27)7-10-21(22)23)34(31,32)20-8-5-18(26)6-9-20/h1-10,13H,11-12H2. The first kappa shape index (κ1) is 24.1. The fourth-order valence-electron chi connectivity index (χ4n) is 3.46. The lowest BCUT2D eigenvalue weighted by atomic mass is 10.1. The van der Waals surface area contributed by atoms with Crippen molar-refractivity contribution in [3.05, 3.63) is 98.5 Å². The first-order valence-corrected chi connectivity index (χ1v) is 12.5. The van der Waals surface area contributed by atoms with Crippen molar-refractivity contribution in [2.75, 3.05) is 10.8 Å². The van der Waals surface area contributed by atoms with E-state index in [9.17, 15) is 18.5 Å². The topological polar surface area (TPSA) is 87.5 Å². The van der Waals surface area contributed by atoms with Crippen molar-refractivity contribution in [2.24, 2.45) is 0 Å². The minimum absolute atomic E-state index is 0.0127. The third-order valence-corrected chi connectivity index (χ3v) is 7.69. The van der Waals surface area contributed by atoms with Crippen molar-refractivity contribution >= 4 is 62.2 Å². The number of fused-ring (bicyclic) bond motifs is 1. The van der Waals surface area contributed by atoms with Crippen LogP contribution in [0.25, 0.3) is 5.76 Å².